The highest BCUT2D eigenvalue weighted by molar-refractivity contribution is 5.99. The van der Waals surface area contributed by atoms with Crippen molar-refractivity contribution in [1.29, 1.82) is 0 Å². The summed E-state index contributed by atoms with van der Waals surface area (Å²) in [6.45, 7) is 8.65. The van der Waals surface area contributed by atoms with E-state index in [0.717, 1.165) is 18.7 Å². The Labute approximate surface area is 104 Å². The van der Waals surface area contributed by atoms with Crippen LogP contribution >= 0.6 is 0 Å². The predicted molar refractivity (Wildman–Crippen MR) is 70.1 cm³/mol. The fraction of sp³-hybridized carbons (Fsp3) is 0.533. The van der Waals surface area contributed by atoms with E-state index in [2.05, 4.69) is 18.7 Å². The van der Waals surface area contributed by atoms with E-state index >= 15 is 0 Å². The van der Waals surface area contributed by atoms with Gasteiger partial charge in [-0.05, 0) is 18.8 Å². The standard InChI is InChI=1S/C15H21NO/c1-11-9-16(10-12(11)2)13(3)15(17)14-7-5-4-6-8-14/h4-8,11-13H,9-10H2,1-3H3. The Balaban J connectivity index is 2.06. The van der Waals surface area contributed by atoms with Crippen molar-refractivity contribution in [3.63, 3.8) is 0 Å². The lowest BCUT2D eigenvalue weighted by Crippen LogP contribution is -2.37. The summed E-state index contributed by atoms with van der Waals surface area (Å²) >= 11 is 0. The summed E-state index contributed by atoms with van der Waals surface area (Å²) in [5.41, 5.74) is 0.826. The van der Waals surface area contributed by atoms with Gasteiger partial charge in [0, 0.05) is 18.7 Å². The van der Waals surface area contributed by atoms with Gasteiger partial charge in [0.1, 0.15) is 0 Å². The van der Waals surface area contributed by atoms with Gasteiger partial charge in [0.25, 0.3) is 0 Å². The van der Waals surface area contributed by atoms with E-state index < -0.39 is 0 Å². The number of hydrogen-bond donors (Lipinski definition) is 0. The average molecular weight is 231 g/mol. The van der Waals surface area contributed by atoms with Crippen LogP contribution in [0, 0.1) is 11.8 Å². The molecule has 0 bridgehead atoms. The maximum atomic E-state index is 12.3. The number of Topliss-reactive ketones (excluding diaryl/α,β-unsaturated/α-hetero) is 1. The molecule has 1 heterocycles. The first-order valence-corrected chi connectivity index (χ1v) is 6.43. The number of likely N-dealkylation sites (tertiary alicyclic amines) is 1. The molecule has 1 aliphatic heterocycles. The number of hydrogen-bond acceptors (Lipinski definition) is 2. The Kier molecular flexibility index (Phi) is 3.63. The second-order valence-electron chi connectivity index (χ2n) is 5.31. The number of nitrogens with zero attached hydrogens (tertiary/aromatic N) is 1. The molecule has 3 atom stereocenters. The zero-order chi connectivity index (χ0) is 12.4. The number of benzene rings is 1. The van der Waals surface area contributed by atoms with Crippen LogP contribution in [-0.4, -0.2) is 29.8 Å². The molecule has 0 aliphatic carbocycles. The summed E-state index contributed by atoms with van der Waals surface area (Å²) in [4.78, 5) is 14.6. The highest BCUT2D eigenvalue weighted by Gasteiger charge is 2.32. The first kappa shape index (κ1) is 12.3. The van der Waals surface area contributed by atoms with E-state index in [1.807, 2.05) is 37.3 Å². The van der Waals surface area contributed by atoms with Gasteiger partial charge in [-0.2, -0.15) is 0 Å². The molecule has 2 heteroatoms. The molecule has 1 saturated heterocycles. The van der Waals surface area contributed by atoms with Crippen LogP contribution in [-0.2, 0) is 0 Å². The molecule has 1 fully saturated rings. The van der Waals surface area contributed by atoms with Gasteiger partial charge in [0.2, 0.25) is 0 Å². The maximum absolute atomic E-state index is 12.3. The summed E-state index contributed by atoms with van der Waals surface area (Å²) in [5.74, 6) is 1.63. The minimum atomic E-state index is 0.00444. The Morgan fingerprint density at radius 1 is 1.18 bits per heavy atom. The van der Waals surface area contributed by atoms with Crippen molar-refractivity contribution < 1.29 is 4.79 Å². The van der Waals surface area contributed by atoms with E-state index in [1.165, 1.54) is 0 Å². The van der Waals surface area contributed by atoms with Crippen LogP contribution in [0.5, 0.6) is 0 Å². The number of carbonyl (C=O) groups excluding carboxylic acids is 1. The Morgan fingerprint density at radius 2 is 1.71 bits per heavy atom. The maximum Gasteiger partial charge on any atom is 0.179 e. The monoisotopic (exact) mass is 231 g/mol. The van der Waals surface area contributed by atoms with Crippen molar-refractivity contribution in [2.24, 2.45) is 11.8 Å². The Hall–Kier alpha value is -1.15. The first-order chi connectivity index (χ1) is 8.09. The molecule has 92 valence electrons. The average Bonchev–Trinajstić information content (AvgIpc) is 2.69. The smallest absolute Gasteiger partial charge is 0.179 e. The zero-order valence-electron chi connectivity index (χ0n) is 10.9. The summed E-state index contributed by atoms with van der Waals surface area (Å²) in [6.07, 6.45) is 0. The fourth-order valence-corrected chi connectivity index (χ4v) is 2.50. The second kappa shape index (κ2) is 5.01. The summed E-state index contributed by atoms with van der Waals surface area (Å²) < 4.78 is 0. The van der Waals surface area contributed by atoms with E-state index in [4.69, 9.17) is 0 Å². The van der Waals surface area contributed by atoms with Gasteiger partial charge >= 0.3 is 0 Å². The van der Waals surface area contributed by atoms with Crippen LogP contribution in [0.3, 0.4) is 0 Å². The van der Waals surface area contributed by atoms with Gasteiger partial charge in [-0.3, -0.25) is 9.69 Å². The van der Waals surface area contributed by atoms with Crippen LogP contribution in [0.1, 0.15) is 31.1 Å². The molecule has 1 aliphatic rings. The number of carbonyl (C=O) groups is 1. The Bertz CT molecular complexity index is 377. The van der Waals surface area contributed by atoms with E-state index in [0.29, 0.717) is 11.8 Å². The van der Waals surface area contributed by atoms with Crippen molar-refractivity contribution >= 4 is 5.78 Å². The molecule has 1 aromatic rings. The molecular formula is C15H21NO. The molecule has 17 heavy (non-hydrogen) atoms. The minimum absolute atomic E-state index is 0.00444. The predicted octanol–water partition coefficient (Wildman–Crippen LogP) is 2.85. The van der Waals surface area contributed by atoms with Crippen molar-refractivity contribution in [2.45, 2.75) is 26.8 Å². The van der Waals surface area contributed by atoms with Gasteiger partial charge in [-0.1, -0.05) is 44.2 Å². The number of ketones is 1. The Morgan fingerprint density at radius 3 is 2.24 bits per heavy atom. The molecule has 0 amide bonds. The van der Waals surface area contributed by atoms with Crippen LogP contribution < -0.4 is 0 Å². The second-order valence-corrected chi connectivity index (χ2v) is 5.31. The molecule has 1 aromatic carbocycles. The third kappa shape index (κ3) is 2.58. The van der Waals surface area contributed by atoms with E-state index in [9.17, 15) is 4.79 Å². The highest BCUT2D eigenvalue weighted by Crippen LogP contribution is 2.24. The quantitative estimate of drug-likeness (QED) is 0.746. The van der Waals surface area contributed by atoms with Gasteiger partial charge < -0.3 is 0 Å². The van der Waals surface area contributed by atoms with Crippen LogP contribution in [0.2, 0.25) is 0 Å². The molecule has 2 nitrogen and oxygen atoms in total. The topological polar surface area (TPSA) is 20.3 Å². The van der Waals surface area contributed by atoms with Crippen molar-refractivity contribution in [2.75, 3.05) is 13.1 Å². The summed E-state index contributed by atoms with van der Waals surface area (Å²) in [7, 11) is 0. The van der Waals surface area contributed by atoms with Crippen molar-refractivity contribution in [3.8, 4) is 0 Å². The third-order valence-corrected chi connectivity index (χ3v) is 4.00. The molecule has 3 unspecified atom stereocenters. The van der Waals surface area contributed by atoms with Crippen LogP contribution in [0.25, 0.3) is 0 Å². The SMILES string of the molecule is CC1CN(C(C)C(=O)c2ccccc2)CC1C. The molecule has 0 radical (unpaired) electrons. The molecule has 2 rings (SSSR count). The van der Waals surface area contributed by atoms with Gasteiger partial charge in [0.05, 0.1) is 6.04 Å². The molecular weight excluding hydrogens is 210 g/mol. The van der Waals surface area contributed by atoms with E-state index in [-0.39, 0.29) is 11.8 Å². The highest BCUT2D eigenvalue weighted by atomic mass is 16.1. The normalized spacial score (nSPS) is 27.0. The first-order valence-electron chi connectivity index (χ1n) is 6.43. The van der Waals surface area contributed by atoms with Crippen molar-refractivity contribution in [1.82, 2.24) is 4.90 Å². The molecule has 0 spiro atoms. The van der Waals surface area contributed by atoms with Gasteiger partial charge in [-0.25, -0.2) is 0 Å². The van der Waals surface area contributed by atoms with E-state index in [1.54, 1.807) is 0 Å². The zero-order valence-corrected chi connectivity index (χ0v) is 10.9. The van der Waals surface area contributed by atoms with Crippen LogP contribution in [0.15, 0.2) is 30.3 Å². The summed E-state index contributed by atoms with van der Waals surface area (Å²) in [5, 5.41) is 0. The largest absolute Gasteiger partial charge is 0.293 e. The molecule has 0 saturated carbocycles. The minimum Gasteiger partial charge on any atom is -0.293 e. The lowest BCUT2D eigenvalue weighted by molar-refractivity contribution is 0.0861. The molecule has 0 N–H and O–H groups in total. The lowest BCUT2D eigenvalue weighted by atomic mass is 10.0. The summed E-state index contributed by atoms with van der Waals surface area (Å²) in [6, 6.07) is 9.61. The fourth-order valence-electron chi connectivity index (χ4n) is 2.50. The van der Waals surface area contributed by atoms with Gasteiger partial charge in [0.15, 0.2) is 5.78 Å². The molecule has 0 aromatic heterocycles. The van der Waals surface area contributed by atoms with Crippen molar-refractivity contribution in [3.05, 3.63) is 35.9 Å². The lowest BCUT2D eigenvalue weighted by Gasteiger charge is -2.23. The third-order valence-electron chi connectivity index (χ3n) is 4.00. The van der Waals surface area contributed by atoms with Crippen LogP contribution in [0.4, 0.5) is 0 Å². The van der Waals surface area contributed by atoms with Gasteiger partial charge in [-0.15, -0.1) is 0 Å². The number of rotatable bonds is 3.